The summed E-state index contributed by atoms with van der Waals surface area (Å²) in [5.41, 5.74) is 2.39. The topological polar surface area (TPSA) is 35.5 Å². The molecule has 44 heavy (non-hydrogen) atoms. The van der Waals surface area contributed by atoms with Gasteiger partial charge in [-0.15, -0.1) is 0 Å². The van der Waals surface area contributed by atoms with E-state index in [1.807, 2.05) is 18.2 Å². The van der Waals surface area contributed by atoms with Gasteiger partial charge in [0.1, 0.15) is 5.60 Å². The predicted molar refractivity (Wildman–Crippen MR) is 188 cm³/mol. The van der Waals surface area contributed by atoms with E-state index in [2.05, 4.69) is 79.7 Å². The molecular formula is C40H56O3S. The van der Waals surface area contributed by atoms with Gasteiger partial charge in [-0.05, 0) is 23.1 Å². The van der Waals surface area contributed by atoms with Crippen molar-refractivity contribution in [1.82, 2.24) is 0 Å². The highest BCUT2D eigenvalue weighted by Gasteiger charge is 2.38. The average Bonchev–Trinajstić information content (AvgIpc) is 3.06. The lowest BCUT2D eigenvalue weighted by atomic mass is 9.80. The average molecular weight is 617 g/mol. The lowest BCUT2D eigenvalue weighted by Gasteiger charge is -2.37. The Morgan fingerprint density at radius 3 is 1.36 bits per heavy atom. The van der Waals surface area contributed by atoms with Crippen molar-refractivity contribution in [3.8, 4) is 0 Å². The highest BCUT2D eigenvalue weighted by atomic mass is 32.2. The molecule has 3 aromatic rings. The van der Waals surface area contributed by atoms with E-state index in [4.69, 9.17) is 9.47 Å². The minimum Gasteiger partial charge on any atom is -0.380 e. The van der Waals surface area contributed by atoms with Crippen LogP contribution < -0.4 is 0 Å². The Bertz CT molecular complexity index is 1020. The maximum atomic E-state index is 12.2. The molecule has 0 radical (unpaired) electrons. The van der Waals surface area contributed by atoms with Gasteiger partial charge in [-0.3, -0.25) is 4.79 Å². The van der Waals surface area contributed by atoms with Crippen LogP contribution in [0.1, 0.15) is 120 Å². The van der Waals surface area contributed by atoms with E-state index >= 15 is 0 Å². The van der Waals surface area contributed by atoms with Crippen molar-refractivity contribution < 1.29 is 14.3 Å². The zero-order chi connectivity index (χ0) is 31.1. The largest absolute Gasteiger partial charge is 0.380 e. The molecule has 0 spiro atoms. The molecule has 3 aromatic carbocycles. The van der Waals surface area contributed by atoms with Crippen LogP contribution in [0.4, 0.5) is 0 Å². The van der Waals surface area contributed by atoms with Gasteiger partial charge < -0.3 is 9.47 Å². The summed E-state index contributed by atoms with van der Waals surface area (Å²) < 4.78 is 13.1. The van der Waals surface area contributed by atoms with Crippen LogP contribution >= 0.6 is 11.8 Å². The van der Waals surface area contributed by atoms with Crippen LogP contribution in [-0.2, 0) is 19.9 Å². The van der Waals surface area contributed by atoms with Crippen molar-refractivity contribution in [1.29, 1.82) is 0 Å². The third-order valence-corrected chi connectivity index (χ3v) is 9.24. The number of unbranched alkanes of at least 4 members (excludes halogenated alkanes) is 13. The third kappa shape index (κ3) is 12.9. The Labute approximate surface area is 272 Å². The number of hydrogen-bond acceptors (Lipinski definition) is 4. The van der Waals surface area contributed by atoms with Gasteiger partial charge in [0.25, 0.3) is 0 Å². The molecule has 0 saturated carbocycles. The van der Waals surface area contributed by atoms with Gasteiger partial charge in [-0.2, -0.15) is 0 Å². The van der Waals surface area contributed by atoms with Gasteiger partial charge in [0.2, 0.25) is 0 Å². The van der Waals surface area contributed by atoms with Crippen LogP contribution in [0.15, 0.2) is 91.0 Å². The molecule has 0 saturated heterocycles. The van der Waals surface area contributed by atoms with E-state index < -0.39 is 5.60 Å². The smallest absolute Gasteiger partial charge is 0.186 e. The van der Waals surface area contributed by atoms with Crippen LogP contribution in [-0.4, -0.2) is 30.2 Å². The molecule has 0 heterocycles. The lowest BCUT2D eigenvalue weighted by Crippen LogP contribution is -2.36. The molecule has 0 aromatic heterocycles. The molecule has 0 aliphatic carbocycles. The number of carbonyl (C=O) groups is 1. The van der Waals surface area contributed by atoms with Gasteiger partial charge >= 0.3 is 0 Å². The van der Waals surface area contributed by atoms with Crippen LogP contribution in [0.3, 0.4) is 0 Å². The predicted octanol–water partition coefficient (Wildman–Crippen LogP) is 11.1. The molecule has 3 nitrogen and oxygen atoms in total. The first-order chi connectivity index (χ1) is 21.7. The minimum atomic E-state index is -0.798. The fourth-order valence-electron chi connectivity index (χ4n) is 5.95. The molecule has 0 fully saturated rings. The molecule has 0 unspecified atom stereocenters. The molecule has 0 N–H and O–H groups in total. The van der Waals surface area contributed by atoms with E-state index in [9.17, 15) is 4.79 Å². The van der Waals surface area contributed by atoms with Gasteiger partial charge in [0, 0.05) is 13.5 Å². The van der Waals surface area contributed by atoms with Crippen molar-refractivity contribution in [3.05, 3.63) is 108 Å². The number of ether oxygens (including phenoxy) is 2. The molecule has 240 valence electrons. The number of carbonyl (C=O) groups excluding carboxylic acids is 1. The lowest BCUT2D eigenvalue weighted by molar-refractivity contribution is -0.109. The summed E-state index contributed by atoms with van der Waals surface area (Å²) in [6.07, 6.45) is 18.8. The highest BCUT2D eigenvalue weighted by Crippen LogP contribution is 2.41. The maximum absolute atomic E-state index is 12.2. The number of hydrogen-bond donors (Lipinski definition) is 0. The van der Waals surface area contributed by atoms with Crippen molar-refractivity contribution >= 4 is 16.9 Å². The van der Waals surface area contributed by atoms with Crippen molar-refractivity contribution in [2.24, 2.45) is 0 Å². The van der Waals surface area contributed by atoms with Crippen molar-refractivity contribution in [2.75, 3.05) is 19.8 Å². The molecule has 0 bridgehead atoms. The van der Waals surface area contributed by atoms with Crippen LogP contribution in [0.5, 0.6) is 0 Å². The second-order valence-corrected chi connectivity index (χ2v) is 13.5. The molecule has 0 aliphatic heterocycles. The molecule has 0 amide bonds. The van der Waals surface area contributed by atoms with Gasteiger partial charge in [-0.25, -0.2) is 0 Å². The number of benzene rings is 3. The van der Waals surface area contributed by atoms with Crippen LogP contribution in [0.25, 0.3) is 0 Å². The Kier molecular flexibility index (Phi) is 18.2. The maximum Gasteiger partial charge on any atom is 0.186 e. The van der Waals surface area contributed by atoms with E-state index in [0.717, 1.165) is 29.7 Å². The standard InChI is InChI=1S/C40H56O3S/c1-3-4-5-6-7-8-9-10-11-12-13-14-15-25-32-42-33-39(44-35(2)41)34-43-40(36-26-19-16-20-27-36,37-28-21-17-22-29-37)38-30-23-18-24-31-38/h16-24,26-31,39H,3-15,25,32-34H2,1-2H3/t39-/m1/s1. The van der Waals surface area contributed by atoms with E-state index in [0.29, 0.717) is 13.2 Å². The summed E-state index contributed by atoms with van der Waals surface area (Å²) in [5, 5.41) is -0.00178. The third-order valence-electron chi connectivity index (χ3n) is 8.31. The second kappa shape index (κ2) is 22.2. The van der Waals surface area contributed by atoms with Crippen molar-refractivity contribution in [2.45, 2.75) is 115 Å². The van der Waals surface area contributed by atoms with Gasteiger partial charge in [0.15, 0.2) is 5.12 Å². The summed E-state index contributed by atoms with van der Waals surface area (Å²) in [7, 11) is 0. The first-order valence-electron chi connectivity index (χ1n) is 17.2. The summed E-state index contributed by atoms with van der Waals surface area (Å²) in [4.78, 5) is 12.2. The molecule has 1 atom stereocenters. The Hall–Kier alpha value is -2.40. The van der Waals surface area contributed by atoms with Gasteiger partial charge in [0.05, 0.1) is 18.5 Å². The first kappa shape index (κ1) is 36.1. The highest BCUT2D eigenvalue weighted by molar-refractivity contribution is 8.14. The number of thioether (sulfide) groups is 1. The quantitative estimate of drug-likeness (QED) is 0.0741. The Morgan fingerprint density at radius 1 is 0.591 bits per heavy atom. The SMILES string of the molecule is CCCCCCCCCCCCCCCCOC[C@H](COC(c1ccccc1)(c1ccccc1)c1ccccc1)SC(C)=O. The summed E-state index contributed by atoms with van der Waals surface area (Å²) in [6.45, 7) is 5.53. The second-order valence-electron chi connectivity index (χ2n) is 12.0. The van der Waals surface area contributed by atoms with E-state index in [1.54, 1.807) is 6.92 Å². The Morgan fingerprint density at radius 2 is 0.977 bits per heavy atom. The molecule has 4 heteroatoms. The van der Waals surface area contributed by atoms with Crippen LogP contribution in [0.2, 0.25) is 0 Å². The normalized spacial score (nSPS) is 12.3. The zero-order valence-electron chi connectivity index (χ0n) is 27.4. The molecule has 0 aliphatic rings. The van der Waals surface area contributed by atoms with Crippen molar-refractivity contribution in [3.63, 3.8) is 0 Å². The first-order valence-corrected chi connectivity index (χ1v) is 18.1. The van der Waals surface area contributed by atoms with Crippen LogP contribution in [0, 0.1) is 0 Å². The molecule has 3 rings (SSSR count). The summed E-state index contributed by atoms with van der Waals surface area (Å²) in [6, 6.07) is 31.2. The fourth-order valence-corrected chi connectivity index (χ4v) is 6.72. The summed E-state index contributed by atoms with van der Waals surface area (Å²) in [5.74, 6) is 0. The number of rotatable bonds is 24. The molecular weight excluding hydrogens is 561 g/mol. The minimum absolute atomic E-state index is 0.0865. The van der Waals surface area contributed by atoms with E-state index in [1.165, 1.54) is 95.2 Å². The van der Waals surface area contributed by atoms with E-state index in [-0.39, 0.29) is 10.4 Å². The fraction of sp³-hybridized carbons (Fsp3) is 0.525. The zero-order valence-corrected chi connectivity index (χ0v) is 28.2. The Balaban J connectivity index is 1.46. The summed E-state index contributed by atoms with van der Waals surface area (Å²) >= 11 is 1.32. The van der Waals surface area contributed by atoms with Gasteiger partial charge in [-0.1, -0.05) is 193 Å². The monoisotopic (exact) mass is 616 g/mol.